The van der Waals surface area contributed by atoms with Crippen molar-refractivity contribution in [3.8, 4) is 17.6 Å². The standard InChI is InChI=1S/C19H16F2N2O3/c1-13(24)23-15-5-4-6-16(12-15)26-10-3-2-9-22-19(25)14-7-8-17(20)18(21)11-14/h4-8,11-12H,9-10H2,1H3,(H,22,25)(H,23,24). The van der Waals surface area contributed by atoms with Crippen molar-refractivity contribution in [1.29, 1.82) is 0 Å². The lowest BCUT2D eigenvalue weighted by molar-refractivity contribution is -0.114. The summed E-state index contributed by atoms with van der Waals surface area (Å²) in [4.78, 5) is 22.8. The van der Waals surface area contributed by atoms with Crippen LogP contribution in [0.3, 0.4) is 0 Å². The number of halogens is 2. The molecular formula is C19H16F2N2O3. The molecule has 26 heavy (non-hydrogen) atoms. The quantitative estimate of drug-likeness (QED) is 0.808. The number of amides is 2. The van der Waals surface area contributed by atoms with Crippen molar-refractivity contribution in [3.05, 3.63) is 59.7 Å². The van der Waals surface area contributed by atoms with E-state index >= 15 is 0 Å². The van der Waals surface area contributed by atoms with E-state index in [1.54, 1.807) is 24.3 Å². The van der Waals surface area contributed by atoms with Crippen LogP contribution in [0.25, 0.3) is 0 Å². The van der Waals surface area contributed by atoms with Gasteiger partial charge in [0.05, 0.1) is 6.54 Å². The van der Waals surface area contributed by atoms with Crippen LogP contribution in [-0.2, 0) is 4.79 Å². The molecule has 0 fully saturated rings. The summed E-state index contributed by atoms with van der Waals surface area (Å²) in [6.45, 7) is 1.53. The Kier molecular flexibility index (Phi) is 6.68. The third-order valence-electron chi connectivity index (χ3n) is 3.11. The van der Waals surface area contributed by atoms with Gasteiger partial charge >= 0.3 is 0 Å². The zero-order valence-corrected chi connectivity index (χ0v) is 13.9. The van der Waals surface area contributed by atoms with E-state index in [4.69, 9.17) is 4.74 Å². The first kappa shape index (κ1) is 18.9. The fourth-order valence-electron chi connectivity index (χ4n) is 1.96. The van der Waals surface area contributed by atoms with Crippen molar-refractivity contribution in [2.45, 2.75) is 6.92 Å². The van der Waals surface area contributed by atoms with Crippen LogP contribution >= 0.6 is 0 Å². The molecule has 2 aromatic carbocycles. The number of hydrogen-bond donors (Lipinski definition) is 2. The van der Waals surface area contributed by atoms with Crippen LogP contribution in [-0.4, -0.2) is 25.0 Å². The Morgan fingerprint density at radius 3 is 2.62 bits per heavy atom. The number of ether oxygens (including phenoxy) is 1. The zero-order chi connectivity index (χ0) is 18.9. The van der Waals surface area contributed by atoms with Crippen LogP contribution < -0.4 is 15.4 Å². The molecule has 0 saturated heterocycles. The molecule has 7 heteroatoms. The molecule has 134 valence electrons. The van der Waals surface area contributed by atoms with Crippen LogP contribution in [0, 0.1) is 23.5 Å². The lowest BCUT2D eigenvalue weighted by atomic mass is 10.2. The molecule has 0 atom stereocenters. The van der Waals surface area contributed by atoms with Crippen molar-refractivity contribution < 1.29 is 23.1 Å². The predicted molar refractivity (Wildman–Crippen MR) is 92.7 cm³/mol. The van der Waals surface area contributed by atoms with Crippen LogP contribution in [0.1, 0.15) is 17.3 Å². The second-order valence-corrected chi connectivity index (χ2v) is 5.16. The molecule has 0 aliphatic heterocycles. The van der Waals surface area contributed by atoms with E-state index in [0.717, 1.165) is 12.1 Å². The number of nitrogens with one attached hydrogen (secondary N) is 2. The summed E-state index contributed by atoms with van der Waals surface area (Å²) in [5.41, 5.74) is 0.624. The number of carbonyl (C=O) groups excluding carboxylic acids is 2. The molecule has 0 heterocycles. The Bertz CT molecular complexity index is 873. The third kappa shape index (κ3) is 5.91. The Hall–Kier alpha value is -3.40. The van der Waals surface area contributed by atoms with Gasteiger partial charge in [-0.3, -0.25) is 9.59 Å². The zero-order valence-electron chi connectivity index (χ0n) is 13.9. The average molecular weight is 358 g/mol. The summed E-state index contributed by atoms with van der Waals surface area (Å²) in [7, 11) is 0. The minimum Gasteiger partial charge on any atom is -0.481 e. The molecule has 2 rings (SSSR count). The average Bonchev–Trinajstić information content (AvgIpc) is 2.60. The van der Waals surface area contributed by atoms with Gasteiger partial charge in [0.2, 0.25) is 5.91 Å². The molecule has 5 nitrogen and oxygen atoms in total. The normalized spacial score (nSPS) is 9.65. The fourth-order valence-corrected chi connectivity index (χ4v) is 1.96. The number of carbonyl (C=O) groups is 2. The monoisotopic (exact) mass is 358 g/mol. The molecular weight excluding hydrogens is 342 g/mol. The van der Waals surface area contributed by atoms with Gasteiger partial charge in [-0.1, -0.05) is 17.9 Å². The molecule has 0 radical (unpaired) electrons. The van der Waals surface area contributed by atoms with Crippen LogP contribution in [0.15, 0.2) is 42.5 Å². The van der Waals surface area contributed by atoms with E-state index in [1.165, 1.54) is 13.0 Å². The summed E-state index contributed by atoms with van der Waals surface area (Å²) in [6, 6.07) is 9.74. The maximum atomic E-state index is 13.1. The second-order valence-electron chi connectivity index (χ2n) is 5.16. The number of anilines is 1. The minimum atomic E-state index is -1.08. The van der Waals surface area contributed by atoms with E-state index < -0.39 is 17.5 Å². The van der Waals surface area contributed by atoms with Crippen LogP contribution in [0.4, 0.5) is 14.5 Å². The van der Waals surface area contributed by atoms with Crippen molar-refractivity contribution in [3.63, 3.8) is 0 Å². The van der Waals surface area contributed by atoms with Crippen molar-refractivity contribution in [1.82, 2.24) is 5.32 Å². The predicted octanol–water partition coefficient (Wildman–Crippen LogP) is 2.74. The van der Waals surface area contributed by atoms with Crippen molar-refractivity contribution in [2.24, 2.45) is 0 Å². The first-order valence-corrected chi connectivity index (χ1v) is 7.65. The first-order chi connectivity index (χ1) is 12.5. The van der Waals surface area contributed by atoms with E-state index in [1.807, 2.05) is 0 Å². The maximum absolute atomic E-state index is 13.1. The van der Waals surface area contributed by atoms with Gasteiger partial charge in [-0.25, -0.2) is 8.78 Å². The third-order valence-corrected chi connectivity index (χ3v) is 3.11. The molecule has 0 unspecified atom stereocenters. The van der Waals surface area contributed by atoms with E-state index in [9.17, 15) is 18.4 Å². The van der Waals surface area contributed by atoms with Gasteiger partial charge in [0, 0.05) is 24.2 Å². The largest absolute Gasteiger partial charge is 0.481 e. The van der Waals surface area contributed by atoms with Gasteiger partial charge in [-0.05, 0) is 30.3 Å². The number of rotatable bonds is 5. The molecule has 0 bridgehead atoms. The number of benzene rings is 2. The number of hydrogen-bond acceptors (Lipinski definition) is 3. The van der Waals surface area contributed by atoms with E-state index in [-0.39, 0.29) is 24.6 Å². The lowest BCUT2D eigenvalue weighted by Crippen LogP contribution is -2.23. The Labute approximate surface area is 149 Å². The van der Waals surface area contributed by atoms with E-state index in [0.29, 0.717) is 11.4 Å². The summed E-state index contributed by atoms with van der Waals surface area (Å²) in [6.07, 6.45) is 0. The Morgan fingerprint density at radius 2 is 1.88 bits per heavy atom. The summed E-state index contributed by atoms with van der Waals surface area (Å²) < 4.78 is 31.3. The highest BCUT2D eigenvalue weighted by molar-refractivity contribution is 5.94. The molecule has 0 aliphatic rings. The molecule has 0 saturated carbocycles. The topological polar surface area (TPSA) is 67.4 Å². The Morgan fingerprint density at radius 1 is 1.08 bits per heavy atom. The molecule has 0 aromatic heterocycles. The highest BCUT2D eigenvalue weighted by Crippen LogP contribution is 2.17. The lowest BCUT2D eigenvalue weighted by Gasteiger charge is -2.05. The van der Waals surface area contributed by atoms with E-state index in [2.05, 4.69) is 22.5 Å². The fraction of sp³-hybridized carbons (Fsp3) is 0.158. The Balaban J connectivity index is 1.77. The first-order valence-electron chi connectivity index (χ1n) is 7.65. The van der Waals surface area contributed by atoms with Gasteiger partial charge in [0.25, 0.3) is 5.91 Å². The van der Waals surface area contributed by atoms with Crippen LogP contribution in [0.5, 0.6) is 5.75 Å². The second kappa shape index (κ2) is 9.18. The summed E-state index contributed by atoms with van der Waals surface area (Å²) in [5, 5.41) is 5.11. The molecule has 2 aromatic rings. The summed E-state index contributed by atoms with van der Waals surface area (Å²) in [5.74, 6) is 3.10. The molecule has 0 spiro atoms. The molecule has 2 amide bonds. The van der Waals surface area contributed by atoms with Gasteiger partial charge in [-0.2, -0.15) is 0 Å². The maximum Gasteiger partial charge on any atom is 0.252 e. The SMILES string of the molecule is CC(=O)Nc1cccc(OCC#CCNC(=O)c2ccc(F)c(F)c2)c1. The van der Waals surface area contributed by atoms with Gasteiger partial charge in [0.15, 0.2) is 11.6 Å². The van der Waals surface area contributed by atoms with Crippen molar-refractivity contribution >= 4 is 17.5 Å². The highest BCUT2D eigenvalue weighted by Gasteiger charge is 2.08. The van der Waals surface area contributed by atoms with Gasteiger partial charge in [-0.15, -0.1) is 0 Å². The summed E-state index contributed by atoms with van der Waals surface area (Å²) >= 11 is 0. The molecule has 2 N–H and O–H groups in total. The highest BCUT2D eigenvalue weighted by atomic mass is 19.2. The van der Waals surface area contributed by atoms with Crippen molar-refractivity contribution in [2.75, 3.05) is 18.5 Å². The van der Waals surface area contributed by atoms with Gasteiger partial charge in [0.1, 0.15) is 12.4 Å². The minimum absolute atomic E-state index is 0.0109. The van der Waals surface area contributed by atoms with Crippen LogP contribution in [0.2, 0.25) is 0 Å². The smallest absolute Gasteiger partial charge is 0.252 e. The van der Waals surface area contributed by atoms with Gasteiger partial charge < -0.3 is 15.4 Å². The molecule has 0 aliphatic carbocycles.